The van der Waals surface area contributed by atoms with Crippen LogP contribution in [0.4, 0.5) is 5.82 Å². The molecule has 0 aliphatic carbocycles. The van der Waals surface area contributed by atoms with E-state index in [-0.39, 0.29) is 0 Å². The maximum atomic E-state index is 5.19. The van der Waals surface area contributed by atoms with E-state index in [2.05, 4.69) is 48.1 Å². The maximum Gasteiger partial charge on any atom is 0.233 e. The molecule has 7 nitrogen and oxygen atoms in total. The minimum Gasteiger partial charge on any atom is -0.480 e. The van der Waals surface area contributed by atoms with E-state index in [9.17, 15) is 0 Å². The first-order chi connectivity index (χ1) is 10.2. The lowest BCUT2D eigenvalue weighted by atomic mass is 10.3. The van der Waals surface area contributed by atoms with E-state index in [0.717, 1.165) is 21.6 Å². The van der Waals surface area contributed by atoms with Gasteiger partial charge in [-0.15, -0.1) is 10.2 Å². The van der Waals surface area contributed by atoms with Crippen molar-refractivity contribution in [1.29, 1.82) is 0 Å². The van der Waals surface area contributed by atoms with Crippen LogP contribution in [0.2, 0.25) is 0 Å². The van der Waals surface area contributed by atoms with Crippen molar-refractivity contribution in [2.75, 3.05) is 26.1 Å². The van der Waals surface area contributed by atoms with Crippen LogP contribution in [-0.2, 0) is 11.3 Å². The maximum absolute atomic E-state index is 5.19. The molecule has 2 rings (SSSR count). The number of aromatic nitrogens is 4. The van der Waals surface area contributed by atoms with Gasteiger partial charge in [0, 0.05) is 19.7 Å². The molecule has 0 radical (unpaired) electrons. The summed E-state index contributed by atoms with van der Waals surface area (Å²) in [7, 11) is 3.18. The standard InChI is InChI=1S/C13H16IN5O2/c1-4-15-13-11(14)9(7-20-2)16-12(17-13)8-5-6-10(21-3)19-18-8/h5-6H,4,7H2,1-3H3,(H,15,16,17). The third-order valence-electron chi connectivity index (χ3n) is 2.62. The highest BCUT2D eigenvalue weighted by Gasteiger charge is 2.14. The minimum atomic E-state index is 0.412. The Morgan fingerprint density at radius 3 is 2.57 bits per heavy atom. The second-order valence-corrected chi connectivity index (χ2v) is 5.16. The molecule has 0 amide bonds. The zero-order valence-corrected chi connectivity index (χ0v) is 14.2. The van der Waals surface area contributed by atoms with Crippen LogP contribution in [0.3, 0.4) is 0 Å². The minimum absolute atomic E-state index is 0.412. The average Bonchev–Trinajstić information content (AvgIpc) is 2.51. The fourth-order valence-electron chi connectivity index (χ4n) is 1.67. The summed E-state index contributed by atoms with van der Waals surface area (Å²) in [6.07, 6.45) is 0. The van der Waals surface area contributed by atoms with Gasteiger partial charge in [-0.05, 0) is 35.6 Å². The van der Waals surface area contributed by atoms with E-state index in [1.807, 2.05) is 6.92 Å². The summed E-state index contributed by atoms with van der Waals surface area (Å²) < 4.78 is 11.1. The third kappa shape index (κ3) is 3.76. The fourth-order valence-corrected chi connectivity index (χ4v) is 2.26. The molecule has 0 aromatic carbocycles. The van der Waals surface area contributed by atoms with E-state index < -0.39 is 0 Å². The number of halogens is 1. The Bertz CT molecular complexity index is 579. The van der Waals surface area contributed by atoms with E-state index >= 15 is 0 Å². The molecule has 0 saturated heterocycles. The molecule has 0 bridgehead atoms. The lowest BCUT2D eigenvalue weighted by Crippen LogP contribution is -2.09. The van der Waals surface area contributed by atoms with Gasteiger partial charge >= 0.3 is 0 Å². The Morgan fingerprint density at radius 1 is 1.19 bits per heavy atom. The Hall–Kier alpha value is -1.55. The summed E-state index contributed by atoms with van der Waals surface area (Å²) in [5.74, 6) is 1.73. The lowest BCUT2D eigenvalue weighted by molar-refractivity contribution is 0.181. The van der Waals surface area contributed by atoms with Crippen LogP contribution in [0.25, 0.3) is 11.5 Å². The second-order valence-electron chi connectivity index (χ2n) is 4.08. The predicted octanol–water partition coefficient (Wildman–Crippen LogP) is 2.12. The van der Waals surface area contributed by atoms with Crippen molar-refractivity contribution in [2.45, 2.75) is 13.5 Å². The molecule has 0 aliphatic heterocycles. The van der Waals surface area contributed by atoms with E-state index in [1.165, 1.54) is 0 Å². The quantitative estimate of drug-likeness (QED) is 0.743. The Labute approximate surface area is 136 Å². The monoisotopic (exact) mass is 401 g/mol. The molecule has 112 valence electrons. The molecule has 0 fully saturated rings. The first-order valence-corrected chi connectivity index (χ1v) is 7.44. The van der Waals surface area contributed by atoms with Gasteiger partial charge in [0.1, 0.15) is 11.5 Å². The number of nitrogens with zero attached hydrogens (tertiary/aromatic N) is 4. The van der Waals surface area contributed by atoms with Crippen LogP contribution in [0.5, 0.6) is 5.88 Å². The zero-order chi connectivity index (χ0) is 15.2. The summed E-state index contributed by atoms with van der Waals surface area (Å²) >= 11 is 2.21. The number of rotatable bonds is 6. The van der Waals surface area contributed by atoms with Crippen molar-refractivity contribution < 1.29 is 9.47 Å². The highest BCUT2D eigenvalue weighted by molar-refractivity contribution is 14.1. The van der Waals surface area contributed by atoms with Gasteiger partial charge < -0.3 is 14.8 Å². The SMILES string of the molecule is CCNc1nc(-c2ccc(OC)nn2)nc(COC)c1I. The molecular formula is C13H16IN5O2. The van der Waals surface area contributed by atoms with Crippen molar-refractivity contribution in [3.8, 4) is 17.4 Å². The van der Waals surface area contributed by atoms with Crippen LogP contribution in [0, 0.1) is 3.57 Å². The van der Waals surface area contributed by atoms with E-state index in [1.54, 1.807) is 26.4 Å². The first kappa shape index (κ1) is 15.8. The van der Waals surface area contributed by atoms with Crippen molar-refractivity contribution in [3.05, 3.63) is 21.4 Å². The van der Waals surface area contributed by atoms with Crippen molar-refractivity contribution in [2.24, 2.45) is 0 Å². The smallest absolute Gasteiger partial charge is 0.233 e. The molecule has 0 spiro atoms. The highest BCUT2D eigenvalue weighted by Crippen LogP contribution is 2.23. The Kier molecular flexibility index (Phi) is 5.62. The first-order valence-electron chi connectivity index (χ1n) is 6.36. The van der Waals surface area contributed by atoms with Gasteiger partial charge in [0.2, 0.25) is 5.88 Å². The Morgan fingerprint density at radius 2 is 2.00 bits per heavy atom. The highest BCUT2D eigenvalue weighted by atomic mass is 127. The fraction of sp³-hybridized carbons (Fsp3) is 0.385. The van der Waals surface area contributed by atoms with Crippen LogP contribution < -0.4 is 10.1 Å². The molecule has 8 heteroatoms. The zero-order valence-electron chi connectivity index (χ0n) is 12.1. The molecule has 0 saturated carbocycles. The number of hydrogen-bond donors (Lipinski definition) is 1. The number of anilines is 1. The van der Waals surface area contributed by atoms with Gasteiger partial charge in [-0.25, -0.2) is 9.97 Å². The topological polar surface area (TPSA) is 82.1 Å². The van der Waals surface area contributed by atoms with Crippen molar-refractivity contribution in [3.63, 3.8) is 0 Å². The molecule has 2 aromatic rings. The molecule has 0 aliphatic rings. The average molecular weight is 401 g/mol. The van der Waals surface area contributed by atoms with Crippen LogP contribution in [0.15, 0.2) is 12.1 Å². The van der Waals surface area contributed by atoms with Gasteiger partial charge in [0.15, 0.2) is 5.82 Å². The molecule has 0 unspecified atom stereocenters. The molecular weight excluding hydrogens is 385 g/mol. The third-order valence-corrected chi connectivity index (χ3v) is 3.76. The van der Waals surface area contributed by atoms with Gasteiger partial charge in [-0.2, -0.15) is 0 Å². The van der Waals surface area contributed by atoms with Crippen LogP contribution in [0.1, 0.15) is 12.6 Å². The number of methoxy groups -OCH3 is 2. The van der Waals surface area contributed by atoms with Crippen molar-refractivity contribution in [1.82, 2.24) is 20.2 Å². The number of nitrogens with one attached hydrogen (secondary N) is 1. The van der Waals surface area contributed by atoms with E-state index in [4.69, 9.17) is 9.47 Å². The van der Waals surface area contributed by atoms with Gasteiger partial charge in [0.05, 0.1) is 23.0 Å². The summed E-state index contributed by atoms with van der Waals surface area (Å²) in [5, 5.41) is 11.2. The normalized spacial score (nSPS) is 10.5. The molecule has 2 heterocycles. The van der Waals surface area contributed by atoms with Gasteiger partial charge in [0.25, 0.3) is 0 Å². The lowest BCUT2D eigenvalue weighted by Gasteiger charge is -2.11. The molecule has 21 heavy (non-hydrogen) atoms. The number of ether oxygens (including phenoxy) is 2. The van der Waals surface area contributed by atoms with Crippen LogP contribution in [-0.4, -0.2) is 40.9 Å². The second kappa shape index (κ2) is 7.46. The van der Waals surface area contributed by atoms with Gasteiger partial charge in [-0.1, -0.05) is 0 Å². The molecule has 2 aromatic heterocycles. The molecule has 1 N–H and O–H groups in total. The van der Waals surface area contributed by atoms with Gasteiger partial charge in [-0.3, -0.25) is 0 Å². The number of hydrogen-bond acceptors (Lipinski definition) is 7. The largest absolute Gasteiger partial charge is 0.480 e. The van der Waals surface area contributed by atoms with E-state index in [0.29, 0.717) is 24.0 Å². The Balaban J connectivity index is 2.45. The summed E-state index contributed by atoms with van der Waals surface area (Å²) in [6, 6.07) is 3.51. The predicted molar refractivity (Wildman–Crippen MR) is 87.2 cm³/mol. The molecule has 0 atom stereocenters. The van der Waals surface area contributed by atoms with Crippen LogP contribution >= 0.6 is 22.6 Å². The summed E-state index contributed by atoms with van der Waals surface area (Å²) in [5.41, 5.74) is 1.40. The van der Waals surface area contributed by atoms with Crippen molar-refractivity contribution >= 4 is 28.4 Å². The summed E-state index contributed by atoms with van der Waals surface area (Å²) in [6.45, 7) is 3.20. The summed E-state index contributed by atoms with van der Waals surface area (Å²) in [4.78, 5) is 9.01.